The molecule has 0 aliphatic heterocycles. The van der Waals surface area contributed by atoms with Crippen molar-refractivity contribution in [2.45, 2.75) is 18.9 Å². The summed E-state index contributed by atoms with van der Waals surface area (Å²) in [5.74, 6) is -0.275. The standard InChI is InChI=1S/C17H16Cl2N2O3/c1-24-13-6-2-11(3-7-13)4-8-16(17(22)23)21-20-15-9-5-12(18)10-14(15)19/h2-3,5-7,9-10,16H,4,8H2,1H3,(H,22,23). The number of azo groups is 1. The van der Waals surface area contributed by atoms with Gasteiger partial charge in [-0.15, -0.1) is 0 Å². The van der Waals surface area contributed by atoms with Gasteiger partial charge in [-0.2, -0.15) is 10.2 Å². The van der Waals surface area contributed by atoms with Gasteiger partial charge in [0.05, 0.1) is 12.1 Å². The second kappa shape index (κ2) is 8.66. The maximum Gasteiger partial charge on any atom is 0.330 e. The molecule has 0 saturated heterocycles. The molecule has 0 saturated carbocycles. The van der Waals surface area contributed by atoms with E-state index < -0.39 is 12.0 Å². The van der Waals surface area contributed by atoms with Crippen LogP contribution in [0.5, 0.6) is 5.75 Å². The van der Waals surface area contributed by atoms with Crippen LogP contribution in [0.3, 0.4) is 0 Å². The highest BCUT2D eigenvalue weighted by atomic mass is 35.5. The van der Waals surface area contributed by atoms with Crippen LogP contribution in [0.25, 0.3) is 0 Å². The molecule has 0 amide bonds. The van der Waals surface area contributed by atoms with Crippen LogP contribution in [0.4, 0.5) is 5.69 Å². The molecule has 2 aromatic carbocycles. The fraction of sp³-hybridized carbons (Fsp3) is 0.235. The van der Waals surface area contributed by atoms with Crippen LogP contribution in [0.2, 0.25) is 10.0 Å². The number of benzene rings is 2. The summed E-state index contributed by atoms with van der Waals surface area (Å²) in [6.45, 7) is 0. The lowest BCUT2D eigenvalue weighted by Crippen LogP contribution is -2.18. The summed E-state index contributed by atoms with van der Waals surface area (Å²) in [6.07, 6.45) is 0.894. The Labute approximate surface area is 149 Å². The number of halogens is 2. The van der Waals surface area contributed by atoms with Gasteiger partial charge in [-0.25, -0.2) is 4.79 Å². The van der Waals surface area contributed by atoms with Gasteiger partial charge in [-0.05, 0) is 48.7 Å². The molecule has 126 valence electrons. The molecule has 0 heterocycles. The van der Waals surface area contributed by atoms with Crippen LogP contribution in [0.15, 0.2) is 52.7 Å². The highest BCUT2D eigenvalue weighted by Gasteiger charge is 2.16. The Balaban J connectivity index is 2.03. The minimum Gasteiger partial charge on any atom is -0.497 e. The third-order valence-corrected chi connectivity index (χ3v) is 3.90. The molecule has 0 aromatic heterocycles. The summed E-state index contributed by atoms with van der Waals surface area (Å²) in [6, 6.07) is 11.3. The first kappa shape index (κ1) is 18.2. The molecule has 5 nitrogen and oxygen atoms in total. The molecule has 2 rings (SSSR count). The highest BCUT2D eigenvalue weighted by molar-refractivity contribution is 6.36. The largest absolute Gasteiger partial charge is 0.497 e. The van der Waals surface area contributed by atoms with Crippen molar-refractivity contribution in [2.24, 2.45) is 10.2 Å². The second-order valence-electron chi connectivity index (χ2n) is 5.05. The van der Waals surface area contributed by atoms with Gasteiger partial charge in [0.1, 0.15) is 11.4 Å². The molecule has 1 atom stereocenters. The smallest absolute Gasteiger partial charge is 0.330 e. The number of ether oxygens (including phenoxy) is 1. The predicted octanol–water partition coefficient (Wildman–Crippen LogP) is 5.17. The minimum atomic E-state index is -1.03. The monoisotopic (exact) mass is 366 g/mol. The van der Waals surface area contributed by atoms with Crippen molar-refractivity contribution >= 4 is 34.9 Å². The van der Waals surface area contributed by atoms with E-state index in [9.17, 15) is 9.90 Å². The van der Waals surface area contributed by atoms with Gasteiger partial charge < -0.3 is 9.84 Å². The van der Waals surface area contributed by atoms with E-state index in [1.165, 1.54) is 6.07 Å². The summed E-state index contributed by atoms with van der Waals surface area (Å²) in [4.78, 5) is 11.4. The van der Waals surface area contributed by atoms with E-state index in [1.807, 2.05) is 24.3 Å². The Bertz CT molecular complexity index is 733. The third-order valence-electron chi connectivity index (χ3n) is 3.37. The molecule has 1 N–H and O–H groups in total. The molecule has 0 fully saturated rings. The SMILES string of the molecule is COc1ccc(CCC(N=Nc2ccc(Cl)cc2Cl)C(=O)O)cc1. The van der Waals surface area contributed by atoms with Crippen LogP contribution in [-0.2, 0) is 11.2 Å². The van der Waals surface area contributed by atoms with Crippen molar-refractivity contribution in [2.75, 3.05) is 7.11 Å². The lowest BCUT2D eigenvalue weighted by molar-refractivity contribution is -0.138. The molecule has 0 bridgehead atoms. The van der Waals surface area contributed by atoms with Crippen molar-refractivity contribution in [1.29, 1.82) is 0 Å². The van der Waals surface area contributed by atoms with E-state index in [4.69, 9.17) is 27.9 Å². The Morgan fingerprint density at radius 3 is 2.50 bits per heavy atom. The molecular weight excluding hydrogens is 351 g/mol. The Kier molecular flexibility index (Phi) is 6.58. The number of carboxylic acid groups (broad SMARTS) is 1. The number of methoxy groups -OCH3 is 1. The summed E-state index contributed by atoms with van der Waals surface area (Å²) in [5, 5.41) is 17.9. The number of carboxylic acids is 1. The van der Waals surface area contributed by atoms with E-state index in [0.29, 0.717) is 28.6 Å². The first-order chi connectivity index (χ1) is 11.5. The fourth-order valence-corrected chi connectivity index (χ4v) is 2.47. The number of carbonyl (C=O) groups is 1. The Hall–Kier alpha value is -2.11. The summed E-state index contributed by atoms with van der Waals surface area (Å²) in [5.41, 5.74) is 1.39. The predicted molar refractivity (Wildman–Crippen MR) is 93.7 cm³/mol. The molecule has 1 unspecified atom stereocenters. The van der Waals surface area contributed by atoms with Gasteiger partial charge in [0, 0.05) is 5.02 Å². The van der Waals surface area contributed by atoms with Gasteiger partial charge in [0.25, 0.3) is 0 Å². The average Bonchev–Trinajstić information content (AvgIpc) is 2.56. The van der Waals surface area contributed by atoms with Gasteiger partial charge in [0.2, 0.25) is 0 Å². The third kappa shape index (κ3) is 5.22. The maximum absolute atomic E-state index is 11.4. The number of nitrogens with zero attached hydrogens (tertiary/aromatic N) is 2. The number of aryl methyl sites for hydroxylation is 1. The zero-order chi connectivity index (χ0) is 17.5. The number of aliphatic carboxylic acids is 1. The topological polar surface area (TPSA) is 71.2 Å². The number of hydrogen-bond donors (Lipinski definition) is 1. The van der Waals surface area contributed by atoms with Gasteiger partial charge in [-0.1, -0.05) is 35.3 Å². The van der Waals surface area contributed by atoms with Crippen LogP contribution < -0.4 is 4.74 Å². The van der Waals surface area contributed by atoms with Crippen molar-refractivity contribution in [3.8, 4) is 5.75 Å². The molecule has 0 radical (unpaired) electrons. The van der Waals surface area contributed by atoms with Gasteiger partial charge in [0.15, 0.2) is 6.04 Å². The van der Waals surface area contributed by atoms with Crippen molar-refractivity contribution in [3.05, 3.63) is 58.1 Å². The second-order valence-corrected chi connectivity index (χ2v) is 5.90. The molecule has 0 aliphatic carbocycles. The molecule has 0 aliphatic rings. The van der Waals surface area contributed by atoms with Crippen LogP contribution in [0, 0.1) is 0 Å². The quantitative estimate of drug-likeness (QED) is 0.686. The van der Waals surface area contributed by atoms with Crippen molar-refractivity contribution in [1.82, 2.24) is 0 Å². The van der Waals surface area contributed by atoms with E-state index >= 15 is 0 Å². The minimum absolute atomic E-state index is 0.325. The van der Waals surface area contributed by atoms with E-state index in [0.717, 1.165) is 11.3 Å². The Morgan fingerprint density at radius 2 is 1.92 bits per heavy atom. The van der Waals surface area contributed by atoms with E-state index in [-0.39, 0.29) is 0 Å². The molecule has 24 heavy (non-hydrogen) atoms. The zero-order valence-electron chi connectivity index (χ0n) is 12.9. The van der Waals surface area contributed by atoms with E-state index in [1.54, 1.807) is 19.2 Å². The number of hydrogen-bond acceptors (Lipinski definition) is 4. The normalized spacial score (nSPS) is 12.3. The van der Waals surface area contributed by atoms with E-state index in [2.05, 4.69) is 10.2 Å². The van der Waals surface area contributed by atoms with Gasteiger partial charge in [-0.3, -0.25) is 0 Å². The summed E-state index contributed by atoms with van der Waals surface area (Å²) in [7, 11) is 1.59. The molecule has 2 aromatic rings. The first-order valence-corrected chi connectivity index (χ1v) is 7.97. The molecule has 7 heteroatoms. The average molecular weight is 367 g/mol. The zero-order valence-corrected chi connectivity index (χ0v) is 14.5. The highest BCUT2D eigenvalue weighted by Crippen LogP contribution is 2.28. The summed E-state index contributed by atoms with van der Waals surface area (Å²) < 4.78 is 5.09. The molecule has 0 spiro atoms. The Morgan fingerprint density at radius 1 is 1.21 bits per heavy atom. The van der Waals surface area contributed by atoms with Crippen LogP contribution >= 0.6 is 23.2 Å². The van der Waals surface area contributed by atoms with Crippen molar-refractivity contribution < 1.29 is 14.6 Å². The molecular formula is C17H16Cl2N2O3. The van der Waals surface area contributed by atoms with Crippen LogP contribution in [0.1, 0.15) is 12.0 Å². The lowest BCUT2D eigenvalue weighted by atomic mass is 10.1. The first-order valence-electron chi connectivity index (χ1n) is 7.21. The van der Waals surface area contributed by atoms with Gasteiger partial charge >= 0.3 is 5.97 Å². The van der Waals surface area contributed by atoms with Crippen molar-refractivity contribution in [3.63, 3.8) is 0 Å². The maximum atomic E-state index is 11.4. The van der Waals surface area contributed by atoms with Crippen LogP contribution in [-0.4, -0.2) is 24.2 Å². The fourth-order valence-electron chi connectivity index (χ4n) is 2.02. The number of rotatable bonds is 7. The summed E-state index contributed by atoms with van der Waals surface area (Å²) >= 11 is 11.8. The lowest BCUT2D eigenvalue weighted by Gasteiger charge is -2.07.